The van der Waals surface area contributed by atoms with Gasteiger partial charge in [-0.25, -0.2) is 0 Å². The first-order chi connectivity index (χ1) is 14.9. The number of Topliss-reactive ketones (excluding diaryl/α,β-unsaturated/α-hetero) is 1. The smallest absolute Gasteiger partial charge is 0.311 e. The first-order valence-electron chi connectivity index (χ1n) is 9.89. The van der Waals surface area contributed by atoms with Gasteiger partial charge in [-0.2, -0.15) is 0 Å². The third kappa shape index (κ3) is 4.86. The molecule has 158 valence electrons. The summed E-state index contributed by atoms with van der Waals surface area (Å²) < 4.78 is 16.0. The van der Waals surface area contributed by atoms with E-state index in [1.54, 1.807) is 30.3 Å². The molecule has 3 aromatic rings. The lowest BCUT2D eigenvalue weighted by Gasteiger charge is -2.05. The van der Waals surface area contributed by atoms with Crippen LogP contribution >= 0.6 is 11.6 Å². The predicted molar refractivity (Wildman–Crippen MR) is 115 cm³/mol. The van der Waals surface area contributed by atoms with Gasteiger partial charge in [0.15, 0.2) is 10.9 Å². The lowest BCUT2D eigenvalue weighted by Crippen LogP contribution is -2.08. The van der Waals surface area contributed by atoms with E-state index in [1.807, 2.05) is 24.3 Å². The minimum atomic E-state index is -0.446. The Labute approximate surface area is 184 Å². The first-order valence-corrected chi connectivity index (χ1v) is 10.3. The van der Waals surface area contributed by atoms with Crippen molar-refractivity contribution < 1.29 is 23.6 Å². The molecule has 1 aromatic heterocycles. The van der Waals surface area contributed by atoms with Crippen molar-refractivity contribution in [2.24, 2.45) is 0 Å². The molecule has 0 saturated heterocycles. The summed E-state index contributed by atoms with van der Waals surface area (Å²) in [6, 6.07) is 14.2. The maximum Gasteiger partial charge on any atom is 0.311 e. The number of esters is 1. The zero-order chi connectivity index (χ0) is 22.0. The number of carbonyl (C=O) groups is 2. The van der Waals surface area contributed by atoms with E-state index in [1.165, 1.54) is 5.56 Å². The van der Waals surface area contributed by atoms with Gasteiger partial charge in [-0.1, -0.05) is 54.9 Å². The van der Waals surface area contributed by atoms with E-state index >= 15 is 0 Å². The molecular formula is C24H20ClNO5. The van der Waals surface area contributed by atoms with Gasteiger partial charge >= 0.3 is 5.97 Å². The number of halogens is 1. The number of hydrogen-bond donors (Lipinski definition) is 0. The van der Waals surface area contributed by atoms with Crippen LogP contribution in [0.25, 0.3) is 6.08 Å². The molecule has 0 spiro atoms. The van der Waals surface area contributed by atoms with Gasteiger partial charge in [0.1, 0.15) is 17.3 Å². The normalized spacial score (nSPS) is 14.1. The molecule has 0 amide bonds. The van der Waals surface area contributed by atoms with Crippen LogP contribution in [0, 0.1) is 0 Å². The second kappa shape index (κ2) is 8.78. The maximum absolute atomic E-state index is 12.6. The SMILES string of the molecule is CC(C)c1ccc(/C=C2\Oc3cc(OC(=O)CCc4cc(Cl)no4)ccc3C2=O)cc1. The van der Waals surface area contributed by atoms with Crippen LogP contribution in [-0.2, 0) is 11.2 Å². The number of ketones is 1. The summed E-state index contributed by atoms with van der Waals surface area (Å²) in [6.07, 6.45) is 2.13. The number of rotatable bonds is 6. The second-order valence-electron chi connectivity index (χ2n) is 7.51. The molecule has 0 atom stereocenters. The van der Waals surface area contributed by atoms with Gasteiger partial charge in [0.25, 0.3) is 0 Å². The largest absolute Gasteiger partial charge is 0.452 e. The quantitative estimate of drug-likeness (QED) is 0.283. The number of hydrogen-bond acceptors (Lipinski definition) is 6. The number of aromatic nitrogens is 1. The molecule has 0 saturated carbocycles. The average Bonchev–Trinajstić information content (AvgIpc) is 3.29. The molecule has 6 nitrogen and oxygen atoms in total. The number of ether oxygens (including phenoxy) is 2. The fourth-order valence-corrected chi connectivity index (χ4v) is 3.33. The van der Waals surface area contributed by atoms with Gasteiger partial charge in [-0.05, 0) is 35.3 Å². The van der Waals surface area contributed by atoms with E-state index in [0.717, 1.165) is 5.56 Å². The number of aryl methyl sites for hydroxylation is 1. The molecule has 2 heterocycles. The van der Waals surface area contributed by atoms with Crippen molar-refractivity contribution in [3.05, 3.63) is 81.9 Å². The number of carbonyl (C=O) groups excluding carboxylic acids is 2. The van der Waals surface area contributed by atoms with Gasteiger partial charge in [-0.3, -0.25) is 9.59 Å². The van der Waals surface area contributed by atoms with Crippen molar-refractivity contribution in [1.29, 1.82) is 0 Å². The van der Waals surface area contributed by atoms with Crippen molar-refractivity contribution in [1.82, 2.24) is 5.16 Å². The van der Waals surface area contributed by atoms with E-state index in [9.17, 15) is 9.59 Å². The van der Waals surface area contributed by atoms with Crippen molar-refractivity contribution in [2.75, 3.05) is 0 Å². The van der Waals surface area contributed by atoms with Crippen molar-refractivity contribution in [3.63, 3.8) is 0 Å². The summed E-state index contributed by atoms with van der Waals surface area (Å²) in [5.41, 5.74) is 2.53. The Kier molecular flexibility index (Phi) is 5.91. The second-order valence-corrected chi connectivity index (χ2v) is 7.90. The third-order valence-corrected chi connectivity index (χ3v) is 5.06. The highest BCUT2D eigenvalue weighted by Gasteiger charge is 2.28. The molecule has 7 heteroatoms. The molecule has 0 aliphatic carbocycles. The Morgan fingerprint density at radius 3 is 2.61 bits per heavy atom. The number of nitrogens with zero attached hydrogens (tertiary/aromatic N) is 1. The van der Waals surface area contributed by atoms with Crippen LogP contribution in [0.15, 0.2) is 58.8 Å². The number of allylic oxidation sites excluding steroid dienone is 1. The molecule has 0 unspecified atom stereocenters. The van der Waals surface area contributed by atoms with Crippen LogP contribution in [-0.4, -0.2) is 16.9 Å². The van der Waals surface area contributed by atoms with E-state index < -0.39 is 5.97 Å². The summed E-state index contributed by atoms with van der Waals surface area (Å²) in [6.45, 7) is 4.25. The van der Waals surface area contributed by atoms with Gasteiger partial charge in [0, 0.05) is 18.6 Å². The maximum atomic E-state index is 12.6. The third-order valence-electron chi connectivity index (χ3n) is 4.88. The molecule has 4 rings (SSSR count). The van der Waals surface area contributed by atoms with Crippen LogP contribution in [0.4, 0.5) is 0 Å². The minimum Gasteiger partial charge on any atom is -0.452 e. The highest BCUT2D eigenvalue weighted by Crippen LogP contribution is 2.35. The molecule has 0 bridgehead atoms. The fourth-order valence-electron chi connectivity index (χ4n) is 3.17. The van der Waals surface area contributed by atoms with E-state index in [0.29, 0.717) is 35.2 Å². The van der Waals surface area contributed by atoms with Crippen molar-refractivity contribution in [2.45, 2.75) is 32.6 Å². The van der Waals surface area contributed by atoms with Gasteiger partial charge in [0.2, 0.25) is 5.78 Å². The van der Waals surface area contributed by atoms with Crippen LogP contribution in [0.2, 0.25) is 5.15 Å². The van der Waals surface area contributed by atoms with Gasteiger partial charge in [0.05, 0.1) is 12.0 Å². The van der Waals surface area contributed by atoms with Crippen molar-refractivity contribution in [3.8, 4) is 11.5 Å². The fraction of sp³-hybridized carbons (Fsp3) is 0.208. The number of fused-ring (bicyclic) bond motifs is 1. The van der Waals surface area contributed by atoms with Crippen LogP contribution < -0.4 is 9.47 Å². The molecule has 1 aliphatic heterocycles. The van der Waals surface area contributed by atoms with E-state index in [4.69, 9.17) is 25.6 Å². The Bertz CT molecular complexity index is 1160. The number of benzene rings is 2. The topological polar surface area (TPSA) is 78.6 Å². The lowest BCUT2D eigenvalue weighted by atomic mass is 10.0. The zero-order valence-electron chi connectivity index (χ0n) is 17.1. The summed E-state index contributed by atoms with van der Waals surface area (Å²) >= 11 is 5.69. The Morgan fingerprint density at radius 2 is 1.94 bits per heavy atom. The van der Waals surface area contributed by atoms with Crippen LogP contribution in [0.3, 0.4) is 0 Å². The summed E-state index contributed by atoms with van der Waals surface area (Å²) in [5.74, 6) is 1.18. The van der Waals surface area contributed by atoms with Gasteiger partial charge < -0.3 is 14.0 Å². The van der Waals surface area contributed by atoms with Crippen LogP contribution in [0.5, 0.6) is 11.5 Å². The highest BCUT2D eigenvalue weighted by molar-refractivity contribution is 6.29. The highest BCUT2D eigenvalue weighted by atomic mass is 35.5. The summed E-state index contributed by atoms with van der Waals surface area (Å²) in [5, 5.41) is 3.80. The standard InChI is InChI=1S/C24H20ClNO5/c1-14(2)16-5-3-15(4-6-16)11-21-24(28)19-9-7-17(12-20(19)30-21)29-23(27)10-8-18-13-22(25)26-31-18/h3-7,9,11-14H,8,10H2,1-2H3/b21-11-. The molecule has 0 radical (unpaired) electrons. The molecule has 0 N–H and O–H groups in total. The van der Waals surface area contributed by atoms with Crippen LogP contribution in [0.1, 0.15) is 53.4 Å². The summed E-state index contributed by atoms with van der Waals surface area (Å²) in [7, 11) is 0. The Balaban J connectivity index is 1.42. The van der Waals surface area contributed by atoms with Crippen molar-refractivity contribution >= 4 is 29.4 Å². The van der Waals surface area contributed by atoms with E-state index in [-0.39, 0.29) is 23.1 Å². The predicted octanol–water partition coefficient (Wildman–Crippen LogP) is 5.61. The zero-order valence-corrected chi connectivity index (χ0v) is 17.8. The van der Waals surface area contributed by atoms with Gasteiger partial charge in [-0.15, -0.1) is 0 Å². The lowest BCUT2D eigenvalue weighted by molar-refractivity contribution is -0.134. The average molecular weight is 438 g/mol. The molecular weight excluding hydrogens is 418 g/mol. The first kappa shape index (κ1) is 20.9. The molecule has 31 heavy (non-hydrogen) atoms. The summed E-state index contributed by atoms with van der Waals surface area (Å²) in [4.78, 5) is 24.7. The minimum absolute atomic E-state index is 0.0971. The Hall–Kier alpha value is -3.38. The Morgan fingerprint density at radius 1 is 1.16 bits per heavy atom. The molecule has 0 fully saturated rings. The van der Waals surface area contributed by atoms with E-state index in [2.05, 4.69) is 19.0 Å². The molecule has 2 aromatic carbocycles. The monoisotopic (exact) mass is 437 g/mol. The molecule has 1 aliphatic rings.